The molecule has 36 heavy (non-hydrogen) atoms. The fraction of sp³-hybridized carbons (Fsp3) is 0.321. The molecule has 1 spiro atoms. The van der Waals surface area contributed by atoms with E-state index in [0.29, 0.717) is 34.1 Å². The summed E-state index contributed by atoms with van der Waals surface area (Å²) in [5.41, 5.74) is 8.83. The number of aryl methyl sites for hydroxylation is 1. The number of nitrogens with zero attached hydrogens (tertiary/aromatic N) is 1. The van der Waals surface area contributed by atoms with Crippen LogP contribution >= 0.6 is 11.6 Å². The minimum Gasteiger partial charge on any atom is -0.466 e. The number of benzene rings is 2. The van der Waals surface area contributed by atoms with E-state index in [9.17, 15) is 14.4 Å². The maximum Gasteiger partial charge on any atom is 0.339 e. The standard InChI is InChI=1S/C28H28ClN3O4/c1-14-9-10-18-16(11-14)28(26(35)31-18)22-20(12-27(3,4)13-21(22)33)32(24(30)23(28)25(34)36-5)19-8-6-7-17(29)15(19)2/h6-11H,12-13,30H2,1-5H3,(H,31,35). The number of rotatable bonds is 2. The maximum atomic E-state index is 14.0. The van der Waals surface area contributed by atoms with Crippen molar-refractivity contribution < 1.29 is 19.1 Å². The Morgan fingerprint density at radius 3 is 2.56 bits per heavy atom. The Labute approximate surface area is 214 Å². The van der Waals surface area contributed by atoms with Crippen molar-refractivity contribution in [1.29, 1.82) is 0 Å². The molecule has 2 heterocycles. The molecule has 0 radical (unpaired) electrons. The van der Waals surface area contributed by atoms with Crippen LogP contribution in [-0.4, -0.2) is 24.8 Å². The van der Waals surface area contributed by atoms with Gasteiger partial charge in [-0.05, 0) is 49.4 Å². The molecule has 0 saturated carbocycles. The van der Waals surface area contributed by atoms with Gasteiger partial charge in [0, 0.05) is 34.0 Å². The molecule has 7 nitrogen and oxygen atoms in total. The van der Waals surface area contributed by atoms with Crippen molar-refractivity contribution >= 4 is 40.6 Å². The Hall–Kier alpha value is -3.58. The molecule has 2 aromatic rings. The van der Waals surface area contributed by atoms with Crippen molar-refractivity contribution in [3.63, 3.8) is 0 Å². The van der Waals surface area contributed by atoms with E-state index in [1.807, 2.05) is 45.9 Å². The molecule has 0 aromatic heterocycles. The second-order valence-corrected chi connectivity index (χ2v) is 10.9. The highest BCUT2D eigenvalue weighted by Gasteiger charge is 2.63. The number of nitrogens with one attached hydrogen (secondary N) is 1. The number of nitrogens with two attached hydrogens (primary N) is 1. The predicted molar refractivity (Wildman–Crippen MR) is 138 cm³/mol. The van der Waals surface area contributed by atoms with E-state index in [2.05, 4.69) is 5.32 Å². The summed E-state index contributed by atoms with van der Waals surface area (Å²) >= 11 is 6.47. The van der Waals surface area contributed by atoms with Gasteiger partial charge in [-0.3, -0.25) is 14.5 Å². The Morgan fingerprint density at radius 1 is 1.14 bits per heavy atom. The van der Waals surface area contributed by atoms with Crippen LogP contribution in [0.1, 0.15) is 43.4 Å². The molecule has 0 saturated heterocycles. The molecule has 3 N–H and O–H groups in total. The van der Waals surface area contributed by atoms with Gasteiger partial charge in [-0.1, -0.05) is 49.2 Å². The number of ether oxygens (including phenoxy) is 1. The molecule has 3 aliphatic rings. The van der Waals surface area contributed by atoms with Gasteiger partial charge >= 0.3 is 5.97 Å². The molecule has 1 unspecified atom stereocenters. The molecule has 1 amide bonds. The van der Waals surface area contributed by atoms with Gasteiger partial charge in [-0.25, -0.2) is 4.79 Å². The maximum absolute atomic E-state index is 14.0. The van der Waals surface area contributed by atoms with Gasteiger partial charge in [-0.15, -0.1) is 0 Å². The second-order valence-electron chi connectivity index (χ2n) is 10.5. The Kier molecular flexibility index (Phi) is 5.34. The largest absolute Gasteiger partial charge is 0.466 e. The Bertz CT molecular complexity index is 1440. The number of anilines is 2. The van der Waals surface area contributed by atoms with E-state index in [0.717, 1.165) is 11.1 Å². The number of methoxy groups -OCH3 is 1. The summed E-state index contributed by atoms with van der Waals surface area (Å²) in [6, 6.07) is 10.9. The zero-order valence-corrected chi connectivity index (χ0v) is 21.7. The van der Waals surface area contributed by atoms with E-state index in [-0.39, 0.29) is 29.2 Å². The SMILES string of the molecule is COC(=O)C1=C(N)N(c2cccc(Cl)c2C)C2=C(C(=O)CC(C)(C)C2)C12C(=O)Nc1ccc(C)cc12. The van der Waals surface area contributed by atoms with Gasteiger partial charge < -0.3 is 15.8 Å². The number of amides is 1. The van der Waals surface area contributed by atoms with E-state index in [1.165, 1.54) is 7.11 Å². The highest BCUT2D eigenvalue weighted by molar-refractivity contribution is 6.31. The number of esters is 1. The van der Waals surface area contributed by atoms with Crippen LogP contribution in [0.3, 0.4) is 0 Å². The van der Waals surface area contributed by atoms with E-state index in [1.54, 1.807) is 23.1 Å². The molecule has 1 aliphatic carbocycles. The van der Waals surface area contributed by atoms with Crippen LogP contribution in [0.2, 0.25) is 5.02 Å². The van der Waals surface area contributed by atoms with Gasteiger partial charge in [0.2, 0.25) is 5.91 Å². The van der Waals surface area contributed by atoms with E-state index in [4.69, 9.17) is 22.1 Å². The molecule has 2 aromatic carbocycles. The van der Waals surface area contributed by atoms with Crippen molar-refractivity contribution in [2.24, 2.45) is 11.1 Å². The third-order valence-electron chi connectivity index (χ3n) is 7.41. The lowest BCUT2D eigenvalue weighted by Crippen LogP contribution is -2.54. The van der Waals surface area contributed by atoms with Gasteiger partial charge in [0.25, 0.3) is 0 Å². The molecule has 8 heteroatoms. The number of carbonyl (C=O) groups is 3. The minimum absolute atomic E-state index is 0.0426. The zero-order valence-electron chi connectivity index (χ0n) is 20.9. The van der Waals surface area contributed by atoms with E-state index >= 15 is 0 Å². The summed E-state index contributed by atoms with van der Waals surface area (Å²) in [6.07, 6.45) is 0.685. The van der Waals surface area contributed by atoms with Crippen LogP contribution in [0.25, 0.3) is 0 Å². The van der Waals surface area contributed by atoms with Crippen LogP contribution < -0.4 is 16.0 Å². The zero-order chi connectivity index (χ0) is 26.2. The number of carbonyl (C=O) groups excluding carboxylic acids is 3. The summed E-state index contributed by atoms with van der Waals surface area (Å²) < 4.78 is 5.19. The highest BCUT2D eigenvalue weighted by Crippen LogP contribution is 2.57. The Balaban J connectivity index is 1.96. The van der Waals surface area contributed by atoms with Crippen molar-refractivity contribution in [3.05, 3.63) is 80.8 Å². The topological polar surface area (TPSA) is 102 Å². The summed E-state index contributed by atoms with van der Waals surface area (Å²) in [6.45, 7) is 7.76. The number of hydrogen-bond acceptors (Lipinski definition) is 6. The predicted octanol–water partition coefficient (Wildman–Crippen LogP) is 4.65. The monoisotopic (exact) mass is 505 g/mol. The molecule has 0 fully saturated rings. The molecule has 0 bridgehead atoms. The first-order valence-electron chi connectivity index (χ1n) is 11.8. The van der Waals surface area contributed by atoms with Crippen LogP contribution in [0, 0.1) is 19.3 Å². The van der Waals surface area contributed by atoms with Gasteiger partial charge in [-0.2, -0.15) is 0 Å². The van der Waals surface area contributed by atoms with Crippen molar-refractivity contribution in [2.75, 3.05) is 17.3 Å². The third kappa shape index (κ3) is 3.15. The number of hydrogen-bond donors (Lipinski definition) is 2. The van der Waals surface area contributed by atoms with Crippen LogP contribution in [0.15, 0.2) is 59.1 Å². The first kappa shape index (κ1) is 24.1. The molecular weight excluding hydrogens is 478 g/mol. The third-order valence-corrected chi connectivity index (χ3v) is 7.82. The van der Waals surface area contributed by atoms with Gasteiger partial charge in [0.15, 0.2) is 5.78 Å². The van der Waals surface area contributed by atoms with Gasteiger partial charge in [0.05, 0.1) is 12.8 Å². The molecule has 2 aliphatic heterocycles. The van der Waals surface area contributed by atoms with Crippen LogP contribution in [-0.2, 0) is 24.5 Å². The van der Waals surface area contributed by atoms with Crippen molar-refractivity contribution in [2.45, 2.75) is 46.0 Å². The fourth-order valence-corrected chi connectivity index (χ4v) is 6.03. The number of halogens is 1. The average Bonchev–Trinajstić information content (AvgIpc) is 3.06. The summed E-state index contributed by atoms with van der Waals surface area (Å²) in [5.74, 6) is -1.43. The fourth-order valence-electron chi connectivity index (χ4n) is 5.86. The van der Waals surface area contributed by atoms with Crippen LogP contribution in [0.4, 0.5) is 11.4 Å². The summed E-state index contributed by atoms with van der Waals surface area (Å²) in [5, 5.41) is 3.42. The lowest BCUT2D eigenvalue weighted by Gasteiger charge is -2.47. The molecule has 1 atom stereocenters. The van der Waals surface area contributed by atoms with E-state index < -0.39 is 22.7 Å². The second kappa shape index (κ2) is 7.96. The smallest absolute Gasteiger partial charge is 0.339 e. The van der Waals surface area contributed by atoms with Gasteiger partial charge in [0.1, 0.15) is 16.8 Å². The average molecular weight is 506 g/mol. The lowest BCUT2D eigenvalue weighted by atomic mass is 9.60. The number of fused-ring (bicyclic) bond motifs is 3. The summed E-state index contributed by atoms with van der Waals surface area (Å²) in [4.78, 5) is 43.2. The molecule has 5 rings (SSSR count). The first-order valence-corrected chi connectivity index (χ1v) is 12.1. The normalized spacial score (nSPS) is 22.6. The lowest BCUT2D eigenvalue weighted by molar-refractivity contribution is -0.138. The van der Waals surface area contributed by atoms with Crippen LogP contribution in [0.5, 0.6) is 0 Å². The minimum atomic E-state index is -1.72. The quantitative estimate of drug-likeness (QED) is 0.576. The molecular formula is C28H28ClN3O4. The first-order chi connectivity index (χ1) is 16.9. The van der Waals surface area contributed by atoms with Crippen molar-refractivity contribution in [3.8, 4) is 0 Å². The number of allylic oxidation sites excluding steroid dienone is 1. The van der Waals surface area contributed by atoms with Crippen molar-refractivity contribution in [1.82, 2.24) is 0 Å². The number of Topliss-reactive ketones (excluding diaryl/α,β-unsaturated/α-hetero) is 1. The molecule has 186 valence electrons. The summed E-state index contributed by atoms with van der Waals surface area (Å²) in [7, 11) is 1.24. The number of ketones is 1. The highest BCUT2D eigenvalue weighted by atomic mass is 35.5. The Morgan fingerprint density at radius 2 is 1.86 bits per heavy atom.